The van der Waals surface area contributed by atoms with Crippen molar-refractivity contribution in [3.05, 3.63) is 127 Å². The zero-order valence-electron chi connectivity index (χ0n) is 16.5. The van der Waals surface area contributed by atoms with Crippen molar-refractivity contribution in [1.82, 2.24) is 9.38 Å². The fourth-order valence-corrected chi connectivity index (χ4v) is 8.20. The fraction of sp³-hybridized carbons (Fsp3) is 0.0385. The third-order valence-corrected chi connectivity index (χ3v) is 9.74. The average Bonchev–Trinajstić information content (AvgIpc) is 3.22. The van der Waals surface area contributed by atoms with Gasteiger partial charge in [0.1, 0.15) is 35.0 Å². The van der Waals surface area contributed by atoms with Gasteiger partial charge < -0.3 is 16.8 Å². The molecular formula is C26H22ClN2P. The summed E-state index contributed by atoms with van der Waals surface area (Å²) in [6.45, 7) is 0. The summed E-state index contributed by atoms with van der Waals surface area (Å²) in [5.41, 5.74) is 2.12. The standard InChI is InChI=1S/C26H22N2P.ClH/c1-4-12-23(13-5-1)29(24-14-6-2-7-15-24,25-16-8-3-9-17-25)21-22-20-28-19-11-10-18-26(28)27-22;/h1-20H,21H2;1H/q+1;/p-1. The van der Waals surface area contributed by atoms with Gasteiger partial charge in [0.05, 0.1) is 5.69 Å². The highest BCUT2D eigenvalue weighted by Gasteiger charge is 2.46. The number of aromatic nitrogens is 2. The number of nitrogens with zero attached hydrogens (tertiary/aromatic N) is 2. The topological polar surface area (TPSA) is 17.3 Å². The lowest BCUT2D eigenvalue weighted by Crippen LogP contribution is -3.00. The van der Waals surface area contributed by atoms with Crippen LogP contribution in [0.25, 0.3) is 5.65 Å². The maximum atomic E-state index is 4.96. The van der Waals surface area contributed by atoms with E-state index in [0.717, 1.165) is 17.5 Å². The molecule has 2 heterocycles. The van der Waals surface area contributed by atoms with Crippen molar-refractivity contribution in [3.8, 4) is 0 Å². The summed E-state index contributed by atoms with van der Waals surface area (Å²) in [6, 6.07) is 39.0. The SMILES string of the molecule is [Cl-].c1ccc([P+](Cc2cn3ccccc3n2)(c2ccccc2)c2ccccc2)cc1. The van der Waals surface area contributed by atoms with E-state index >= 15 is 0 Å². The molecule has 0 fully saturated rings. The summed E-state index contributed by atoms with van der Waals surface area (Å²) in [7, 11) is -1.91. The smallest absolute Gasteiger partial charge is 0.137 e. The van der Waals surface area contributed by atoms with Gasteiger partial charge in [0.25, 0.3) is 0 Å². The summed E-state index contributed by atoms with van der Waals surface area (Å²) in [6.07, 6.45) is 5.14. The molecule has 0 N–H and O–H groups in total. The Labute approximate surface area is 184 Å². The van der Waals surface area contributed by atoms with E-state index in [2.05, 4.69) is 114 Å². The third-order valence-electron chi connectivity index (χ3n) is 5.40. The highest BCUT2D eigenvalue weighted by Crippen LogP contribution is 2.57. The molecule has 0 amide bonds. The predicted molar refractivity (Wildman–Crippen MR) is 124 cm³/mol. The van der Waals surface area contributed by atoms with Crippen molar-refractivity contribution in [2.24, 2.45) is 0 Å². The molecule has 5 rings (SSSR count). The number of benzene rings is 3. The molecule has 0 aliphatic carbocycles. The van der Waals surface area contributed by atoms with E-state index in [9.17, 15) is 0 Å². The normalized spacial score (nSPS) is 11.2. The molecule has 0 aliphatic heterocycles. The first-order valence-electron chi connectivity index (χ1n) is 9.84. The van der Waals surface area contributed by atoms with Crippen LogP contribution in [0.2, 0.25) is 0 Å². The molecule has 0 unspecified atom stereocenters. The van der Waals surface area contributed by atoms with E-state index in [0.29, 0.717) is 0 Å². The lowest BCUT2D eigenvalue weighted by atomic mass is 10.4. The van der Waals surface area contributed by atoms with Gasteiger partial charge in [-0.3, -0.25) is 0 Å². The lowest BCUT2D eigenvalue weighted by molar-refractivity contribution is -0.00000574. The summed E-state index contributed by atoms with van der Waals surface area (Å²) in [5.74, 6) is 0. The van der Waals surface area contributed by atoms with Crippen LogP contribution in [0.15, 0.2) is 122 Å². The first-order valence-corrected chi connectivity index (χ1v) is 11.8. The van der Waals surface area contributed by atoms with Crippen LogP contribution in [-0.4, -0.2) is 9.38 Å². The Hall–Kier alpha value is -2.93. The molecule has 0 atom stereocenters. The van der Waals surface area contributed by atoms with Gasteiger partial charge in [-0.05, 0) is 48.5 Å². The van der Waals surface area contributed by atoms with Gasteiger partial charge >= 0.3 is 0 Å². The van der Waals surface area contributed by atoms with Crippen LogP contribution >= 0.6 is 7.26 Å². The maximum Gasteiger partial charge on any atom is 0.137 e. The molecular weight excluding hydrogens is 407 g/mol. The van der Waals surface area contributed by atoms with Gasteiger partial charge in [-0.25, -0.2) is 4.98 Å². The van der Waals surface area contributed by atoms with Crippen LogP contribution < -0.4 is 28.3 Å². The molecule has 0 saturated heterocycles. The van der Waals surface area contributed by atoms with Crippen LogP contribution in [0.1, 0.15) is 5.69 Å². The van der Waals surface area contributed by atoms with Gasteiger partial charge in [0.15, 0.2) is 0 Å². The molecule has 148 valence electrons. The Morgan fingerprint density at radius 3 is 1.53 bits per heavy atom. The van der Waals surface area contributed by atoms with Gasteiger partial charge in [0.2, 0.25) is 0 Å². The Balaban J connectivity index is 0.00000218. The van der Waals surface area contributed by atoms with Gasteiger partial charge in [-0.2, -0.15) is 0 Å². The van der Waals surface area contributed by atoms with E-state index < -0.39 is 7.26 Å². The number of hydrogen-bond acceptors (Lipinski definition) is 1. The molecule has 4 heteroatoms. The minimum atomic E-state index is -1.91. The van der Waals surface area contributed by atoms with Crippen molar-refractivity contribution in [3.63, 3.8) is 0 Å². The van der Waals surface area contributed by atoms with Crippen LogP contribution in [0.4, 0.5) is 0 Å². The molecule has 0 bridgehead atoms. The lowest BCUT2D eigenvalue weighted by Gasteiger charge is -2.27. The third kappa shape index (κ3) is 3.65. The van der Waals surface area contributed by atoms with Crippen molar-refractivity contribution >= 4 is 28.8 Å². The molecule has 3 aromatic carbocycles. The van der Waals surface area contributed by atoms with E-state index in [-0.39, 0.29) is 12.4 Å². The minimum absolute atomic E-state index is 0. The van der Waals surface area contributed by atoms with E-state index in [4.69, 9.17) is 4.98 Å². The number of hydrogen-bond donors (Lipinski definition) is 0. The highest BCUT2D eigenvalue weighted by atomic mass is 35.5. The number of fused-ring (bicyclic) bond motifs is 1. The van der Waals surface area contributed by atoms with Crippen molar-refractivity contribution in [2.45, 2.75) is 6.16 Å². The summed E-state index contributed by atoms with van der Waals surface area (Å²) in [5, 5.41) is 4.15. The Morgan fingerprint density at radius 2 is 1.07 bits per heavy atom. The largest absolute Gasteiger partial charge is 1.00 e. The van der Waals surface area contributed by atoms with Crippen LogP contribution in [0.3, 0.4) is 0 Å². The average molecular weight is 429 g/mol. The van der Waals surface area contributed by atoms with Crippen molar-refractivity contribution in [2.75, 3.05) is 0 Å². The summed E-state index contributed by atoms with van der Waals surface area (Å²) >= 11 is 0. The Bertz CT molecular complexity index is 1090. The van der Waals surface area contributed by atoms with Crippen molar-refractivity contribution < 1.29 is 12.4 Å². The number of pyridine rings is 1. The number of halogens is 1. The molecule has 0 radical (unpaired) electrons. The van der Waals surface area contributed by atoms with Crippen LogP contribution in [-0.2, 0) is 6.16 Å². The molecule has 0 spiro atoms. The minimum Gasteiger partial charge on any atom is -1.00 e. The monoisotopic (exact) mass is 428 g/mol. The molecule has 5 aromatic rings. The zero-order chi connectivity index (χ0) is 19.5. The van der Waals surface area contributed by atoms with E-state index in [1.165, 1.54) is 15.9 Å². The summed E-state index contributed by atoms with van der Waals surface area (Å²) in [4.78, 5) is 4.96. The van der Waals surface area contributed by atoms with E-state index in [1.807, 2.05) is 12.1 Å². The second kappa shape index (κ2) is 8.83. The Kier molecular flexibility index (Phi) is 5.99. The predicted octanol–water partition coefficient (Wildman–Crippen LogP) is 1.83. The molecule has 0 aliphatic rings. The highest BCUT2D eigenvalue weighted by molar-refractivity contribution is 7.95. The van der Waals surface area contributed by atoms with Gasteiger partial charge in [0, 0.05) is 12.4 Å². The second-order valence-electron chi connectivity index (χ2n) is 7.17. The number of rotatable bonds is 5. The molecule has 0 saturated carbocycles. The van der Waals surface area contributed by atoms with Gasteiger partial charge in [-0.1, -0.05) is 60.7 Å². The molecule has 30 heavy (non-hydrogen) atoms. The number of imidazole rings is 1. The summed E-state index contributed by atoms with van der Waals surface area (Å²) < 4.78 is 2.12. The maximum absolute atomic E-state index is 4.96. The fourth-order valence-electron chi connectivity index (χ4n) is 4.07. The molecule has 2 nitrogen and oxygen atoms in total. The second-order valence-corrected chi connectivity index (χ2v) is 10.7. The van der Waals surface area contributed by atoms with Crippen molar-refractivity contribution in [1.29, 1.82) is 0 Å². The Morgan fingerprint density at radius 1 is 0.600 bits per heavy atom. The van der Waals surface area contributed by atoms with E-state index in [1.54, 1.807) is 0 Å². The first kappa shape index (κ1) is 20.3. The quantitative estimate of drug-likeness (QED) is 0.390. The zero-order valence-corrected chi connectivity index (χ0v) is 18.1. The first-order chi connectivity index (χ1) is 14.4. The van der Waals surface area contributed by atoms with Crippen LogP contribution in [0, 0.1) is 0 Å². The molecule has 2 aromatic heterocycles. The van der Waals surface area contributed by atoms with Gasteiger partial charge in [-0.15, -0.1) is 0 Å². The van der Waals surface area contributed by atoms with Crippen LogP contribution in [0.5, 0.6) is 0 Å².